The molecule has 0 aliphatic carbocycles. The van der Waals surface area contributed by atoms with Crippen molar-refractivity contribution in [2.24, 2.45) is 5.92 Å². The van der Waals surface area contributed by atoms with Crippen molar-refractivity contribution in [2.45, 2.75) is 39.2 Å². The second kappa shape index (κ2) is 7.27. The molecule has 0 aliphatic heterocycles. The van der Waals surface area contributed by atoms with Gasteiger partial charge < -0.3 is 15.4 Å². The summed E-state index contributed by atoms with van der Waals surface area (Å²) in [4.78, 5) is 15.3. The van der Waals surface area contributed by atoms with Crippen molar-refractivity contribution in [3.63, 3.8) is 0 Å². The summed E-state index contributed by atoms with van der Waals surface area (Å²) >= 11 is 0. The summed E-state index contributed by atoms with van der Waals surface area (Å²) < 4.78 is 0. The quantitative estimate of drug-likeness (QED) is 0.733. The average Bonchev–Trinajstić information content (AvgIpc) is 2.93. The van der Waals surface area contributed by atoms with Crippen LogP contribution in [0.2, 0.25) is 0 Å². The van der Waals surface area contributed by atoms with Gasteiger partial charge >= 0.3 is 0 Å². The number of hydrogen-bond donors (Lipinski definition) is 3. The molecule has 1 aromatic heterocycles. The molecule has 3 N–H and O–H groups in total. The maximum absolute atomic E-state index is 12.0. The van der Waals surface area contributed by atoms with Gasteiger partial charge in [-0.2, -0.15) is 0 Å². The van der Waals surface area contributed by atoms with Crippen LogP contribution in [-0.2, 0) is 11.2 Å². The summed E-state index contributed by atoms with van der Waals surface area (Å²) in [5.41, 5.74) is 2.26. The Bertz CT molecular complexity index is 591. The van der Waals surface area contributed by atoms with Gasteiger partial charge in [0.1, 0.15) is 0 Å². The van der Waals surface area contributed by atoms with E-state index in [1.165, 1.54) is 5.39 Å². The fourth-order valence-electron chi connectivity index (χ4n) is 2.52. The van der Waals surface area contributed by atoms with Crippen LogP contribution < -0.4 is 5.32 Å². The molecule has 2 aromatic rings. The molecule has 0 unspecified atom stereocenters. The minimum atomic E-state index is -0.148. The number of H-pyrrole nitrogens is 1. The van der Waals surface area contributed by atoms with Gasteiger partial charge in [0.15, 0.2) is 0 Å². The smallest absolute Gasteiger partial charge is 0.220 e. The molecule has 0 saturated heterocycles. The third-order valence-corrected chi connectivity index (χ3v) is 4.17. The number of aromatic nitrogens is 1. The summed E-state index contributed by atoms with van der Waals surface area (Å²) in [6.45, 7) is 4.10. The molecule has 4 heteroatoms. The molecule has 0 spiro atoms. The molecule has 114 valence electrons. The van der Waals surface area contributed by atoms with Crippen LogP contribution in [-0.4, -0.2) is 28.6 Å². The third-order valence-electron chi connectivity index (χ3n) is 4.17. The summed E-state index contributed by atoms with van der Waals surface area (Å²) in [6.07, 6.45) is 4.05. The standard InChI is InChI=1S/C17H24N2O2/c1-3-12(2)16(11-20)19-17(21)9-8-13-10-18-15-7-5-4-6-14(13)15/h4-7,10,12,16,18,20H,3,8-9,11H2,1-2H3,(H,19,21)/t12-,16+/m1/s1. The number of amides is 1. The van der Waals surface area contributed by atoms with Gasteiger partial charge in [-0.1, -0.05) is 38.5 Å². The molecule has 1 aromatic carbocycles. The van der Waals surface area contributed by atoms with Gasteiger partial charge in [0.05, 0.1) is 12.6 Å². The second-order valence-electron chi connectivity index (χ2n) is 5.60. The summed E-state index contributed by atoms with van der Waals surface area (Å²) in [7, 11) is 0. The van der Waals surface area contributed by atoms with Crippen molar-refractivity contribution in [1.29, 1.82) is 0 Å². The Morgan fingerprint density at radius 3 is 2.86 bits per heavy atom. The number of carbonyl (C=O) groups is 1. The number of hydrogen-bond acceptors (Lipinski definition) is 2. The van der Waals surface area contributed by atoms with Crippen molar-refractivity contribution in [3.05, 3.63) is 36.0 Å². The highest BCUT2D eigenvalue weighted by atomic mass is 16.3. The number of benzene rings is 1. The lowest BCUT2D eigenvalue weighted by atomic mass is 9.99. The molecule has 21 heavy (non-hydrogen) atoms. The Morgan fingerprint density at radius 2 is 2.14 bits per heavy atom. The van der Waals surface area contributed by atoms with E-state index in [0.29, 0.717) is 12.8 Å². The van der Waals surface area contributed by atoms with Crippen LogP contribution in [0.4, 0.5) is 0 Å². The molecule has 1 heterocycles. The van der Waals surface area contributed by atoms with Crippen molar-refractivity contribution in [1.82, 2.24) is 10.3 Å². The lowest BCUT2D eigenvalue weighted by Gasteiger charge is -2.22. The van der Waals surface area contributed by atoms with Gasteiger partial charge in [-0.05, 0) is 24.0 Å². The van der Waals surface area contributed by atoms with E-state index in [0.717, 1.165) is 17.5 Å². The SMILES string of the molecule is CC[C@@H](C)[C@H](CO)NC(=O)CCc1c[nH]c2ccccc12. The van der Waals surface area contributed by atoms with Crippen LogP contribution in [0.15, 0.2) is 30.5 Å². The average molecular weight is 288 g/mol. The lowest BCUT2D eigenvalue weighted by Crippen LogP contribution is -2.41. The zero-order valence-corrected chi connectivity index (χ0v) is 12.7. The first kappa shape index (κ1) is 15.6. The van der Waals surface area contributed by atoms with Crippen LogP contribution in [0.1, 0.15) is 32.3 Å². The van der Waals surface area contributed by atoms with Gasteiger partial charge in [0.25, 0.3) is 0 Å². The lowest BCUT2D eigenvalue weighted by molar-refractivity contribution is -0.122. The predicted molar refractivity (Wildman–Crippen MR) is 85.1 cm³/mol. The second-order valence-corrected chi connectivity index (χ2v) is 5.60. The van der Waals surface area contributed by atoms with Crippen molar-refractivity contribution < 1.29 is 9.90 Å². The van der Waals surface area contributed by atoms with Gasteiger partial charge in [0, 0.05) is 23.5 Å². The minimum Gasteiger partial charge on any atom is -0.394 e. The molecule has 2 rings (SSSR count). The molecule has 2 atom stereocenters. The Hall–Kier alpha value is -1.81. The minimum absolute atomic E-state index is 0.000342. The predicted octanol–water partition coefficient (Wildman–Crippen LogP) is 2.62. The Labute approximate surface area is 125 Å². The molecule has 0 bridgehead atoms. The molecule has 1 amide bonds. The van der Waals surface area contributed by atoms with Crippen molar-refractivity contribution in [3.8, 4) is 0 Å². The Kier molecular flexibility index (Phi) is 5.39. The zero-order valence-electron chi connectivity index (χ0n) is 12.7. The first-order chi connectivity index (χ1) is 10.2. The van der Waals surface area contributed by atoms with E-state index in [4.69, 9.17) is 0 Å². The van der Waals surface area contributed by atoms with Gasteiger partial charge in [-0.3, -0.25) is 4.79 Å². The van der Waals surface area contributed by atoms with Crippen LogP contribution in [0.3, 0.4) is 0 Å². The molecule has 0 saturated carbocycles. The summed E-state index contributed by atoms with van der Waals surface area (Å²) in [5.74, 6) is 0.284. The molecular formula is C17H24N2O2. The van der Waals surface area contributed by atoms with Crippen LogP contribution in [0, 0.1) is 5.92 Å². The van der Waals surface area contributed by atoms with Gasteiger partial charge in [-0.25, -0.2) is 0 Å². The number of aliphatic hydroxyl groups is 1. The number of carbonyl (C=O) groups excluding carboxylic acids is 1. The van der Waals surface area contributed by atoms with Crippen molar-refractivity contribution >= 4 is 16.8 Å². The van der Waals surface area contributed by atoms with E-state index in [9.17, 15) is 9.90 Å². The first-order valence-electron chi connectivity index (χ1n) is 7.61. The normalized spacial score (nSPS) is 14.0. The maximum atomic E-state index is 12.0. The maximum Gasteiger partial charge on any atom is 0.220 e. The number of rotatable bonds is 7. The highest BCUT2D eigenvalue weighted by molar-refractivity contribution is 5.84. The zero-order chi connectivity index (χ0) is 15.2. The number of aliphatic hydroxyl groups excluding tert-OH is 1. The number of aryl methyl sites for hydroxylation is 1. The van der Waals surface area contributed by atoms with Crippen LogP contribution >= 0.6 is 0 Å². The molecule has 0 fully saturated rings. The summed E-state index contributed by atoms with van der Waals surface area (Å²) in [6, 6.07) is 7.95. The first-order valence-corrected chi connectivity index (χ1v) is 7.61. The fourth-order valence-corrected chi connectivity index (χ4v) is 2.52. The largest absolute Gasteiger partial charge is 0.394 e. The van der Waals surface area contributed by atoms with Crippen LogP contribution in [0.25, 0.3) is 10.9 Å². The monoisotopic (exact) mass is 288 g/mol. The molecular weight excluding hydrogens is 264 g/mol. The van der Waals surface area contributed by atoms with E-state index < -0.39 is 0 Å². The molecule has 4 nitrogen and oxygen atoms in total. The number of para-hydroxylation sites is 1. The van der Waals surface area contributed by atoms with Gasteiger partial charge in [-0.15, -0.1) is 0 Å². The Morgan fingerprint density at radius 1 is 1.38 bits per heavy atom. The highest BCUT2D eigenvalue weighted by Crippen LogP contribution is 2.19. The van der Waals surface area contributed by atoms with E-state index in [-0.39, 0.29) is 24.5 Å². The topological polar surface area (TPSA) is 65.1 Å². The molecule has 0 aliphatic rings. The summed E-state index contributed by atoms with van der Waals surface area (Å²) in [5, 5.41) is 13.5. The van der Waals surface area contributed by atoms with Crippen molar-refractivity contribution in [2.75, 3.05) is 6.61 Å². The molecule has 0 radical (unpaired) electrons. The Balaban J connectivity index is 1.92. The van der Waals surface area contributed by atoms with E-state index in [1.54, 1.807) is 0 Å². The van der Waals surface area contributed by atoms with Crippen LogP contribution in [0.5, 0.6) is 0 Å². The van der Waals surface area contributed by atoms with E-state index in [1.807, 2.05) is 31.3 Å². The number of nitrogens with one attached hydrogen (secondary N) is 2. The number of aromatic amines is 1. The third kappa shape index (κ3) is 3.85. The highest BCUT2D eigenvalue weighted by Gasteiger charge is 2.17. The number of fused-ring (bicyclic) bond motifs is 1. The van der Waals surface area contributed by atoms with E-state index in [2.05, 4.69) is 23.3 Å². The van der Waals surface area contributed by atoms with E-state index >= 15 is 0 Å². The van der Waals surface area contributed by atoms with Gasteiger partial charge in [0.2, 0.25) is 5.91 Å². The fraction of sp³-hybridized carbons (Fsp3) is 0.471.